The number of piperidine rings is 1. The fraction of sp³-hybridized carbons (Fsp3) is 0.400. The van der Waals surface area contributed by atoms with Crippen LogP contribution in [-0.4, -0.2) is 33.8 Å². The monoisotopic (exact) mass is 320 g/mol. The van der Waals surface area contributed by atoms with Crippen molar-refractivity contribution >= 4 is 5.91 Å². The summed E-state index contributed by atoms with van der Waals surface area (Å²) in [7, 11) is 0. The molecule has 0 bridgehead atoms. The molecule has 23 heavy (non-hydrogen) atoms. The Morgan fingerprint density at radius 1 is 1.22 bits per heavy atom. The maximum absolute atomic E-state index is 12.9. The highest BCUT2D eigenvalue weighted by Crippen LogP contribution is 2.15. The van der Waals surface area contributed by atoms with Crippen molar-refractivity contribution in [2.75, 3.05) is 13.1 Å². The van der Waals surface area contributed by atoms with Crippen LogP contribution in [0.5, 0.6) is 0 Å². The molecule has 0 saturated carbocycles. The molecular weight excluding hydrogens is 303 g/mol. The molecule has 7 nitrogen and oxygen atoms in total. The van der Waals surface area contributed by atoms with Gasteiger partial charge in [-0.15, -0.1) is 5.10 Å². The van der Waals surface area contributed by atoms with Crippen LogP contribution in [0.15, 0.2) is 33.5 Å². The Labute approximate surface area is 131 Å². The molecule has 1 N–H and O–H groups in total. The molecule has 0 unspecified atom stereocenters. The molecule has 1 aliphatic rings. The van der Waals surface area contributed by atoms with E-state index < -0.39 is 11.6 Å². The van der Waals surface area contributed by atoms with Crippen LogP contribution >= 0.6 is 0 Å². The SMILES string of the molecule is O=C(Cn1nc(-c2ccc(F)cc2)oc1=O)NN1CCCCC1. The van der Waals surface area contributed by atoms with E-state index in [1.165, 1.54) is 24.3 Å². The molecule has 0 atom stereocenters. The van der Waals surface area contributed by atoms with E-state index in [9.17, 15) is 14.0 Å². The molecule has 3 rings (SSSR count). The van der Waals surface area contributed by atoms with Gasteiger partial charge in [0.1, 0.15) is 12.4 Å². The Kier molecular flexibility index (Phi) is 4.52. The molecule has 2 heterocycles. The second-order valence-electron chi connectivity index (χ2n) is 5.42. The fourth-order valence-electron chi connectivity index (χ4n) is 2.47. The number of aromatic nitrogens is 2. The third kappa shape index (κ3) is 3.84. The minimum Gasteiger partial charge on any atom is -0.388 e. The largest absolute Gasteiger partial charge is 0.437 e. The topological polar surface area (TPSA) is 80.4 Å². The Bertz CT molecular complexity index is 732. The third-order valence-corrected chi connectivity index (χ3v) is 3.63. The van der Waals surface area contributed by atoms with Crippen molar-refractivity contribution in [2.45, 2.75) is 25.8 Å². The summed E-state index contributed by atoms with van der Waals surface area (Å²) in [5.74, 6) is -1.39. The zero-order valence-corrected chi connectivity index (χ0v) is 12.5. The summed E-state index contributed by atoms with van der Waals surface area (Å²) in [6.45, 7) is 1.39. The quantitative estimate of drug-likeness (QED) is 0.914. The van der Waals surface area contributed by atoms with Crippen LogP contribution in [0.2, 0.25) is 0 Å². The van der Waals surface area contributed by atoms with Crippen molar-refractivity contribution in [3.05, 3.63) is 40.6 Å². The molecule has 1 aliphatic heterocycles. The molecule has 1 saturated heterocycles. The van der Waals surface area contributed by atoms with E-state index in [1.807, 2.05) is 5.01 Å². The van der Waals surface area contributed by atoms with Crippen LogP contribution < -0.4 is 11.2 Å². The van der Waals surface area contributed by atoms with E-state index in [0.29, 0.717) is 5.56 Å². The fourth-order valence-corrected chi connectivity index (χ4v) is 2.47. The van der Waals surface area contributed by atoms with Gasteiger partial charge in [-0.3, -0.25) is 10.2 Å². The Hall–Kier alpha value is -2.48. The number of rotatable bonds is 4. The molecule has 1 aromatic carbocycles. The number of hydrazine groups is 1. The first-order valence-corrected chi connectivity index (χ1v) is 7.50. The smallest absolute Gasteiger partial charge is 0.388 e. The lowest BCUT2D eigenvalue weighted by Gasteiger charge is -2.26. The first kappa shape index (κ1) is 15.4. The molecule has 1 aromatic heterocycles. The van der Waals surface area contributed by atoms with Gasteiger partial charge in [-0.25, -0.2) is 14.2 Å². The Morgan fingerprint density at radius 2 is 1.91 bits per heavy atom. The third-order valence-electron chi connectivity index (χ3n) is 3.63. The summed E-state index contributed by atoms with van der Waals surface area (Å²) in [5, 5.41) is 5.82. The van der Waals surface area contributed by atoms with Gasteiger partial charge in [-0.1, -0.05) is 6.42 Å². The van der Waals surface area contributed by atoms with E-state index in [1.54, 1.807) is 0 Å². The summed E-state index contributed by atoms with van der Waals surface area (Å²) in [6.07, 6.45) is 3.24. The molecule has 122 valence electrons. The summed E-state index contributed by atoms with van der Waals surface area (Å²) in [6, 6.07) is 5.41. The highest BCUT2D eigenvalue weighted by Gasteiger charge is 2.16. The highest BCUT2D eigenvalue weighted by atomic mass is 19.1. The summed E-state index contributed by atoms with van der Waals surface area (Å²) >= 11 is 0. The van der Waals surface area contributed by atoms with Gasteiger partial charge in [-0.2, -0.15) is 4.68 Å². The van der Waals surface area contributed by atoms with Gasteiger partial charge in [0.2, 0.25) is 5.89 Å². The molecule has 0 spiro atoms. The zero-order valence-electron chi connectivity index (χ0n) is 12.5. The molecule has 1 fully saturated rings. The predicted octanol–water partition coefficient (Wildman–Crippen LogP) is 1.16. The number of halogens is 1. The molecule has 1 amide bonds. The van der Waals surface area contributed by atoms with E-state index in [-0.39, 0.29) is 18.3 Å². The van der Waals surface area contributed by atoms with Crippen LogP contribution in [0.25, 0.3) is 11.5 Å². The number of hydrogen-bond donors (Lipinski definition) is 1. The number of amides is 1. The van der Waals surface area contributed by atoms with Gasteiger partial charge in [0.15, 0.2) is 0 Å². The first-order valence-electron chi connectivity index (χ1n) is 7.50. The lowest BCUT2D eigenvalue weighted by molar-refractivity contribution is -0.127. The van der Waals surface area contributed by atoms with Gasteiger partial charge in [0.25, 0.3) is 5.91 Å². The minimum atomic E-state index is -0.724. The Morgan fingerprint density at radius 3 is 2.61 bits per heavy atom. The normalized spacial score (nSPS) is 15.5. The number of benzene rings is 1. The standard InChI is InChI=1S/C15H17FN4O3/c16-12-6-4-11(5-7-12)14-18-20(15(22)23-14)10-13(21)17-19-8-2-1-3-9-19/h4-7H,1-3,8-10H2,(H,17,21). The lowest BCUT2D eigenvalue weighted by atomic mass is 10.2. The van der Waals surface area contributed by atoms with Crippen LogP contribution in [0.4, 0.5) is 4.39 Å². The number of nitrogens with zero attached hydrogens (tertiary/aromatic N) is 3. The highest BCUT2D eigenvalue weighted by molar-refractivity contribution is 5.75. The second-order valence-corrected chi connectivity index (χ2v) is 5.42. The van der Waals surface area contributed by atoms with E-state index in [0.717, 1.165) is 37.0 Å². The number of carbonyl (C=O) groups is 1. The van der Waals surface area contributed by atoms with Crippen molar-refractivity contribution in [3.8, 4) is 11.5 Å². The maximum Gasteiger partial charge on any atom is 0.437 e. The van der Waals surface area contributed by atoms with Crippen molar-refractivity contribution < 1.29 is 13.6 Å². The predicted molar refractivity (Wildman–Crippen MR) is 79.7 cm³/mol. The average Bonchev–Trinajstić information content (AvgIpc) is 2.90. The van der Waals surface area contributed by atoms with Crippen molar-refractivity contribution in [1.82, 2.24) is 20.2 Å². The molecular formula is C15H17FN4O3. The van der Waals surface area contributed by atoms with Crippen LogP contribution in [0, 0.1) is 5.82 Å². The van der Waals surface area contributed by atoms with Gasteiger partial charge >= 0.3 is 5.76 Å². The lowest BCUT2D eigenvalue weighted by Crippen LogP contribution is -2.46. The Balaban J connectivity index is 1.67. The summed E-state index contributed by atoms with van der Waals surface area (Å²) in [4.78, 5) is 23.8. The van der Waals surface area contributed by atoms with Crippen molar-refractivity contribution in [2.24, 2.45) is 0 Å². The summed E-state index contributed by atoms with van der Waals surface area (Å²) < 4.78 is 18.9. The van der Waals surface area contributed by atoms with Crippen molar-refractivity contribution in [3.63, 3.8) is 0 Å². The molecule has 0 radical (unpaired) electrons. The van der Waals surface area contributed by atoms with Crippen LogP contribution in [0.1, 0.15) is 19.3 Å². The number of carbonyl (C=O) groups excluding carboxylic acids is 1. The maximum atomic E-state index is 12.9. The average molecular weight is 320 g/mol. The first-order chi connectivity index (χ1) is 11.1. The van der Waals surface area contributed by atoms with Gasteiger partial charge < -0.3 is 4.42 Å². The molecule has 2 aromatic rings. The van der Waals surface area contributed by atoms with Crippen LogP contribution in [0.3, 0.4) is 0 Å². The summed E-state index contributed by atoms with van der Waals surface area (Å²) in [5.41, 5.74) is 3.23. The zero-order chi connectivity index (χ0) is 16.2. The van der Waals surface area contributed by atoms with E-state index in [4.69, 9.17) is 4.42 Å². The van der Waals surface area contributed by atoms with Crippen LogP contribution in [-0.2, 0) is 11.3 Å². The van der Waals surface area contributed by atoms with Gasteiger partial charge in [0.05, 0.1) is 0 Å². The molecule has 8 heteroatoms. The van der Waals surface area contributed by atoms with E-state index >= 15 is 0 Å². The second kappa shape index (κ2) is 6.74. The number of hydrogen-bond acceptors (Lipinski definition) is 5. The van der Waals surface area contributed by atoms with Gasteiger partial charge in [0, 0.05) is 18.7 Å². The van der Waals surface area contributed by atoms with E-state index in [2.05, 4.69) is 10.5 Å². The minimum absolute atomic E-state index is 0.0563. The molecule has 0 aliphatic carbocycles. The van der Waals surface area contributed by atoms with Crippen molar-refractivity contribution in [1.29, 1.82) is 0 Å². The number of nitrogens with one attached hydrogen (secondary N) is 1. The van der Waals surface area contributed by atoms with Gasteiger partial charge in [-0.05, 0) is 37.1 Å².